The maximum absolute atomic E-state index is 13.2. The highest BCUT2D eigenvalue weighted by Crippen LogP contribution is 2.31. The first-order chi connectivity index (χ1) is 15.0. The number of furan rings is 1. The summed E-state index contributed by atoms with van der Waals surface area (Å²) in [5.41, 5.74) is 5.30. The van der Waals surface area contributed by atoms with Gasteiger partial charge in [-0.25, -0.2) is 5.43 Å². The summed E-state index contributed by atoms with van der Waals surface area (Å²) in [4.78, 5) is 33.7. The number of carbonyl (C=O) groups is 2. The summed E-state index contributed by atoms with van der Waals surface area (Å²) in [5.74, 6) is 0.713. The molecule has 0 aromatic carbocycles. The highest BCUT2D eigenvalue weighted by atomic mass is 16.4. The summed E-state index contributed by atoms with van der Waals surface area (Å²) in [6, 6.07) is 5.37. The fourth-order valence-electron chi connectivity index (χ4n) is 4.36. The summed E-state index contributed by atoms with van der Waals surface area (Å²) in [7, 11) is 3.97. The lowest BCUT2D eigenvalue weighted by Crippen LogP contribution is -2.44. The molecule has 1 N–H and O–H groups in total. The number of hydrazone groups is 1. The third-order valence-electron chi connectivity index (χ3n) is 6.27. The van der Waals surface area contributed by atoms with E-state index in [1.807, 2.05) is 18.9 Å². The number of nitrogens with one attached hydrogen (secondary N) is 1. The predicted octanol–water partition coefficient (Wildman–Crippen LogP) is 2.62. The van der Waals surface area contributed by atoms with Crippen LogP contribution in [0.25, 0.3) is 0 Å². The van der Waals surface area contributed by atoms with E-state index < -0.39 is 0 Å². The van der Waals surface area contributed by atoms with E-state index in [-0.39, 0.29) is 17.9 Å². The maximum atomic E-state index is 13.2. The van der Waals surface area contributed by atoms with Crippen LogP contribution in [0.4, 0.5) is 0 Å². The Morgan fingerprint density at radius 2 is 2.03 bits per heavy atom. The Balaban J connectivity index is 1.54. The lowest BCUT2D eigenvalue weighted by Gasteiger charge is -2.34. The van der Waals surface area contributed by atoms with Crippen LogP contribution < -0.4 is 5.43 Å². The third-order valence-corrected chi connectivity index (χ3v) is 6.27. The second-order valence-electron chi connectivity index (χ2n) is 8.37. The Labute approximate surface area is 182 Å². The Morgan fingerprint density at radius 3 is 2.74 bits per heavy atom. The summed E-state index contributed by atoms with van der Waals surface area (Å²) >= 11 is 0. The van der Waals surface area contributed by atoms with Crippen molar-refractivity contribution in [1.82, 2.24) is 20.2 Å². The molecule has 0 saturated carbocycles. The number of aromatic nitrogens is 1. The van der Waals surface area contributed by atoms with Crippen molar-refractivity contribution in [2.24, 2.45) is 5.10 Å². The van der Waals surface area contributed by atoms with E-state index in [0.717, 1.165) is 61.4 Å². The van der Waals surface area contributed by atoms with Crippen LogP contribution in [0.1, 0.15) is 63.6 Å². The molecule has 2 aromatic heterocycles. The van der Waals surface area contributed by atoms with Crippen molar-refractivity contribution in [3.8, 4) is 0 Å². The molecule has 4 rings (SSSR count). The quantitative estimate of drug-likeness (QED) is 0.764. The van der Waals surface area contributed by atoms with E-state index >= 15 is 0 Å². The van der Waals surface area contributed by atoms with Gasteiger partial charge in [-0.2, -0.15) is 5.10 Å². The predicted molar refractivity (Wildman–Crippen MR) is 117 cm³/mol. The summed E-state index contributed by atoms with van der Waals surface area (Å²) in [5, 5.41) is 4.36. The molecule has 1 saturated heterocycles. The summed E-state index contributed by atoms with van der Waals surface area (Å²) in [6.07, 6.45) is 5.83. The second-order valence-corrected chi connectivity index (χ2v) is 8.37. The number of hydrogen-bond donors (Lipinski definition) is 1. The standard InChI is InChI=1S/C23H29N5O3/c1-15-20-17(25-26-22(29)18-7-4-5-12-24-18)8-6-9-19(20)31-21(15)23(30)28(3)16-10-13-27(2)14-11-16/h4-5,7,12,16H,6,8-11,13-14H2,1-3H3,(H,26,29)/b25-17+. The lowest BCUT2D eigenvalue weighted by molar-refractivity contribution is 0.0625. The monoisotopic (exact) mass is 423 g/mol. The Bertz CT molecular complexity index is 990. The van der Waals surface area contributed by atoms with Crippen LogP contribution in [0.2, 0.25) is 0 Å². The van der Waals surface area contributed by atoms with Gasteiger partial charge in [0.1, 0.15) is 11.5 Å². The Hall–Kier alpha value is -3.00. The second kappa shape index (κ2) is 9.01. The molecule has 8 heteroatoms. The van der Waals surface area contributed by atoms with Crippen LogP contribution in [0.5, 0.6) is 0 Å². The Morgan fingerprint density at radius 1 is 1.26 bits per heavy atom. The van der Waals surface area contributed by atoms with Gasteiger partial charge in [0, 0.05) is 36.8 Å². The number of fused-ring (bicyclic) bond motifs is 1. The lowest BCUT2D eigenvalue weighted by atomic mass is 9.93. The molecule has 0 atom stereocenters. The molecule has 1 aliphatic heterocycles. The van der Waals surface area contributed by atoms with Crippen LogP contribution >= 0.6 is 0 Å². The average molecular weight is 424 g/mol. The van der Waals surface area contributed by atoms with Gasteiger partial charge in [-0.1, -0.05) is 6.07 Å². The zero-order valence-electron chi connectivity index (χ0n) is 18.4. The van der Waals surface area contributed by atoms with Gasteiger partial charge in [0.15, 0.2) is 5.76 Å². The topological polar surface area (TPSA) is 91.0 Å². The normalized spacial score (nSPS) is 18.6. The maximum Gasteiger partial charge on any atom is 0.289 e. The minimum Gasteiger partial charge on any atom is -0.455 e. The van der Waals surface area contributed by atoms with Gasteiger partial charge in [0.05, 0.1) is 5.71 Å². The fraction of sp³-hybridized carbons (Fsp3) is 0.478. The van der Waals surface area contributed by atoms with Crippen molar-refractivity contribution >= 4 is 17.5 Å². The van der Waals surface area contributed by atoms with Crippen LogP contribution in [-0.2, 0) is 6.42 Å². The number of piperidine rings is 1. The van der Waals surface area contributed by atoms with Crippen LogP contribution in [0, 0.1) is 6.92 Å². The number of pyridine rings is 1. The molecule has 31 heavy (non-hydrogen) atoms. The molecule has 0 spiro atoms. The highest BCUT2D eigenvalue weighted by Gasteiger charge is 2.32. The first kappa shape index (κ1) is 21.2. The minimum atomic E-state index is -0.361. The van der Waals surface area contributed by atoms with Gasteiger partial charge in [-0.3, -0.25) is 14.6 Å². The van der Waals surface area contributed by atoms with E-state index in [0.29, 0.717) is 17.9 Å². The Kier molecular flexibility index (Phi) is 6.18. The van der Waals surface area contributed by atoms with Crippen molar-refractivity contribution in [3.63, 3.8) is 0 Å². The van der Waals surface area contributed by atoms with E-state index in [1.165, 1.54) is 0 Å². The molecular formula is C23H29N5O3. The molecule has 0 unspecified atom stereocenters. The van der Waals surface area contributed by atoms with Gasteiger partial charge in [-0.15, -0.1) is 0 Å². The van der Waals surface area contributed by atoms with E-state index in [9.17, 15) is 9.59 Å². The number of nitrogens with zero attached hydrogens (tertiary/aromatic N) is 4. The molecule has 3 heterocycles. The molecular weight excluding hydrogens is 394 g/mol. The molecule has 8 nitrogen and oxygen atoms in total. The molecule has 0 radical (unpaired) electrons. The molecule has 2 amide bonds. The SMILES string of the molecule is Cc1c(C(=O)N(C)C2CCN(C)CC2)oc2c1/C(=N/NC(=O)c1ccccn1)CCC2. The zero-order chi connectivity index (χ0) is 22.0. The fourth-order valence-corrected chi connectivity index (χ4v) is 4.36. The molecule has 164 valence electrons. The van der Waals surface area contributed by atoms with Gasteiger partial charge >= 0.3 is 0 Å². The first-order valence-corrected chi connectivity index (χ1v) is 10.8. The average Bonchev–Trinajstić information content (AvgIpc) is 3.14. The number of likely N-dealkylation sites (tertiary alicyclic amines) is 1. The van der Waals surface area contributed by atoms with Gasteiger partial charge in [0.25, 0.3) is 11.8 Å². The van der Waals surface area contributed by atoms with Crippen molar-refractivity contribution < 1.29 is 14.0 Å². The number of aryl methyl sites for hydroxylation is 1. The molecule has 2 aromatic rings. The molecule has 1 aliphatic carbocycles. The van der Waals surface area contributed by atoms with E-state index in [2.05, 4.69) is 27.5 Å². The van der Waals surface area contributed by atoms with Crippen molar-refractivity contribution in [3.05, 3.63) is 52.7 Å². The number of carbonyl (C=O) groups excluding carboxylic acids is 2. The molecule has 0 bridgehead atoms. The van der Waals surface area contributed by atoms with Crippen LogP contribution in [0.15, 0.2) is 33.9 Å². The summed E-state index contributed by atoms with van der Waals surface area (Å²) in [6.45, 7) is 3.88. The van der Waals surface area contributed by atoms with Gasteiger partial charge in [0.2, 0.25) is 0 Å². The minimum absolute atomic E-state index is 0.0849. The van der Waals surface area contributed by atoms with Crippen molar-refractivity contribution in [2.75, 3.05) is 27.2 Å². The van der Waals surface area contributed by atoms with Crippen molar-refractivity contribution in [2.45, 2.75) is 45.1 Å². The molecule has 2 aliphatic rings. The molecule has 1 fully saturated rings. The number of hydrogen-bond acceptors (Lipinski definition) is 6. The third kappa shape index (κ3) is 4.39. The van der Waals surface area contributed by atoms with Gasteiger partial charge < -0.3 is 14.2 Å². The first-order valence-electron chi connectivity index (χ1n) is 10.8. The zero-order valence-corrected chi connectivity index (χ0v) is 18.4. The van der Waals surface area contributed by atoms with Crippen molar-refractivity contribution in [1.29, 1.82) is 0 Å². The van der Waals surface area contributed by atoms with Crippen LogP contribution in [-0.4, -0.2) is 65.5 Å². The van der Waals surface area contributed by atoms with E-state index in [1.54, 1.807) is 24.4 Å². The number of rotatable bonds is 4. The largest absolute Gasteiger partial charge is 0.455 e. The number of amides is 2. The van der Waals surface area contributed by atoms with Gasteiger partial charge in [-0.05, 0) is 64.9 Å². The smallest absolute Gasteiger partial charge is 0.289 e. The van der Waals surface area contributed by atoms with E-state index in [4.69, 9.17) is 4.42 Å². The van der Waals surface area contributed by atoms with Crippen LogP contribution in [0.3, 0.4) is 0 Å². The summed E-state index contributed by atoms with van der Waals surface area (Å²) < 4.78 is 6.05. The highest BCUT2D eigenvalue weighted by molar-refractivity contribution is 6.07.